The maximum atomic E-state index is 12.2. The van der Waals surface area contributed by atoms with Crippen molar-refractivity contribution in [2.45, 2.75) is 13.3 Å². The van der Waals surface area contributed by atoms with E-state index in [-0.39, 0.29) is 12.3 Å². The van der Waals surface area contributed by atoms with Crippen molar-refractivity contribution in [2.24, 2.45) is 0 Å². The number of pyridine rings is 1. The van der Waals surface area contributed by atoms with E-state index in [1.165, 1.54) is 11.0 Å². The lowest BCUT2D eigenvalue weighted by Gasteiger charge is -2.17. The Morgan fingerprint density at radius 1 is 1.33 bits per heavy atom. The molecule has 0 bridgehead atoms. The number of hydrogen-bond donors (Lipinski definition) is 1. The number of nitrogens with zero attached hydrogens (tertiary/aromatic N) is 3. The predicted octanol–water partition coefficient (Wildman–Crippen LogP) is 1.67. The summed E-state index contributed by atoms with van der Waals surface area (Å²) in [6.45, 7) is 1.83. The molecule has 7 nitrogen and oxygen atoms in total. The lowest BCUT2D eigenvalue weighted by Crippen LogP contribution is -2.36. The van der Waals surface area contributed by atoms with Gasteiger partial charge in [0.15, 0.2) is 0 Å². The van der Waals surface area contributed by atoms with Crippen molar-refractivity contribution in [3.8, 4) is 11.4 Å². The molecule has 110 valence electrons. The van der Waals surface area contributed by atoms with Gasteiger partial charge in [0.2, 0.25) is 5.76 Å². The van der Waals surface area contributed by atoms with Crippen LogP contribution < -0.4 is 0 Å². The van der Waals surface area contributed by atoms with Crippen molar-refractivity contribution in [3.63, 3.8) is 0 Å². The van der Waals surface area contributed by atoms with Gasteiger partial charge in [-0.3, -0.25) is 14.6 Å². The quantitative estimate of drug-likeness (QED) is 0.869. The molecular formula is C14H15N3O4. The molecule has 2 aromatic rings. The molecule has 0 spiro atoms. The molecule has 21 heavy (non-hydrogen) atoms. The van der Waals surface area contributed by atoms with Gasteiger partial charge in [0.25, 0.3) is 5.91 Å². The first-order chi connectivity index (χ1) is 10.1. The minimum absolute atomic E-state index is 0.00496. The van der Waals surface area contributed by atoms with Crippen LogP contribution in [0.25, 0.3) is 11.4 Å². The number of amides is 1. The highest BCUT2D eigenvalue weighted by Crippen LogP contribution is 2.17. The molecule has 0 aromatic carbocycles. The third-order valence-electron chi connectivity index (χ3n) is 2.76. The van der Waals surface area contributed by atoms with Crippen molar-refractivity contribution in [1.29, 1.82) is 0 Å². The van der Waals surface area contributed by atoms with E-state index in [2.05, 4.69) is 10.1 Å². The Bertz CT molecular complexity index is 624. The first-order valence-corrected chi connectivity index (χ1v) is 6.51. The van der Waals surface area contributed by atoms with Crippen molar-refractivity contribution in [2.75, 3.05) is 13.1 Å². The van der Waals surface area contributed by atoms with Crippen LogP contribution in [0.4, 0.5) is 0 Å². The number of hydrogen-bond acceptors (Lipinski definition) is 5. The van der Waals surface area contributed by atoms with Crippen LogP contribution in [0.1, 0.15) is 23.9 Å². The molecular weight excluding hydrogens is 274 g/mol. The van der Waals surface area contributed by atoms with Gasteiger partial charge < -0.3 is 14.5 Å². The van der Waals surface area contributed by atoms with Gasteiger partial charge in [0, 0.05) is 18.8 Å². The molecule has 0 aliphatic rings. The number of aliphatic carboxylic acids is 1. The van der Waals surface area contributed by atoms with Gasteiger partial charge in [-0.2, -0.15) is 0 Å². The second kappa shape index (κ2) is 6.65. The number of carboxylic acids is 1. The number of rotatable bonds is 6. The second-order valence-electron chi connectivity index (χ2n) is 4.41. The Kier molecular flexibility index (Phi) is 4.65. The van der Waals surface area contributed by atoms with Gasteiger partial charge in [-0.15, -0.1) is 0 Å². The number of aromatic nitrogens is 2. The van der Waals surface area contributed by atoms with Crippen LogP contribution >= 0.6 is 0 Å². The monoisotopic (exact) mass is 289 g/mol. The lowest BCUT2D eigenvalue weighted by molar-refractivity contribution is -0.137. The Labute approximate surface area is 121 Å². The van der Waals surface area contributed by atoms with Crippen LogP contribution in [0.3, 0.4) is 0 Å². The van der Waals surface area contributed by atoms with Gasteiger partial charge in [0.1, 0.15) is 12.2 Å². The van der Waals surface area contributed by atoms with E-state index in [1.807, 2.05) is 6.92 Å². The maximum Gasteiger partial charge on any atom is 0.323 e. The highest BCUT2D eigenvalue weighted by atomic mass is 16.5. The average Bonchev–Trinajstić information content (AvgIpc) is 2.96. The summed E-state index contributed by atoms with van der Waals surface area (Å²) in [5.74, 6) is -1.56. The van der Waals surface area contributed by atoms with Crippen LogP contribution in [-0.2, 0) is 4.79 Å². The first-order valence-electron chi connectivity index (χ1n) is 6.51. The van der Waals surface area contributed by atoms with Gasteiger partial charge in [-0.25, -0.2) is 0 Å². The molecule has 2 rings (SSSR count). The zero-order chi connectivity index (χ0) is 15.2. The van der Waals surface area contributed by atoms with E-state index in [4.69, 9.17) is 9.63 Å². The van der Waals surface area contributed by atoms with Gasteiger partial charge in [-0.1, -0.05) is 18.1 Å². The summed E-state index contributed by atoms with van der Waals surface area (Å²) in [4.78, 5) is 28.3. The Balaban J connectivity index is 2.19. The summed E-state index contributed by atoms with van der Waals surface area (Å²) in [7, 11) is 0. The Hall–Kier alpha value is -2.70. The van der Waals surface area contributed by atoms with Crippen LogP contribution in [0, 0.1) is 0 Å². The van der Waals surface area contributed by atoms with E-state index >= 15 is 0 Å². The molecule has 0 aliphatic heterocycles. The lowest BCUT2D eigenvalue weighted by atomic mass is 10.2. The van der Waals surface area contributed by atoms with Crippen LogP contribution in [0.5, 0.6) is 0 Å². The van der Waals surface area contributed by atoms with E-state index < -0.39 is 11.9 Å². The van der Waals surface area contributed by atoms with E-state index in [0.717, 1.165) is 0 Å². The molecule has 0 radical (unpaired) electrons. The van der Waals surface area contributed by atoms with Crippen LogP contribution in [-0.4, -0.2) is 45.1 Å². The summed E-state index contributed by atoms with van der Waals surface area (Å²) in [6.07, 6.45) is 2.26. The second-order valence-corrected chi connectivity index (χ2v) is 4.41. The van der Waals surface area contributed by atoms with Crippen molar-refractivity contribution >= 4 is 11.9 Å². The fourth-order valence-corrected chi connectivity index (χ4v) is 1.85. The number of carbonyl (C=O) groups excluding carboxylic acids is 1. The molecule has 0 atom stereocenters. The normalized spacial score (nSPS) is 10.3. The number of carbonyl (C=O) groups is 2. The maximum absolute atomic E-state index is 12.2. The largest absolute Gasteiger partial charge is 0.480 e. The number of carboxylic acid groups (broad SMARTS) is 1. The summed E-state index contributed by atoms with van der Waals surface area (Å²) in [5.41, 5.74) is 1.02. The van der Waals surface area contributed by atoms with E-state index in [1.54, 1.807) is 24.4 Å². The highest BCUT2D eigenvalue weighted by molar-refractivity contribution is 5.94. The SMILES string of the molecule is CCCN(CC(=O)O)C(=O)c1cc(-c2ccccn2)no1. The first kappa shape index (κ1) is 14.7. The van der Waals surface area contributed by atoms with Gasteiger partial charge in [0.05, 0.1) is 5.69 Å². The molecule has 2 aromatic heterocycles. The van der Waals surface area contributed by atoms with Crippen LogP contribution in [0.15, 0.2) is 35.0 Å². The third kappa shape index (κ3) is 3.65. The van der Waals surface area contributed by atoms with Gasteiger partial charge in [-0.05, 0) is 18.6 Å². The van der Waals surface area contributed by atoms with E-state index in [0.29, 0.717) is 24.4 Å². The van der Waals surface area contributed by atoms with Crippen molar-refractivity contribution in [3.05, 3.63) is 36.2 Å². The minimum Gasteiger partial charge on any atom is -0.480 e. The predicted molar refractivity (Wildman–Crippen MR) is 73.6 cm³/mol. The molecule has 0 aliphatic carbocycles. The van der Waals surface area contributed by atoms with Crippen molar-refractivity contribution < 1.29 is 19.2 Å². The standard InChI is InChI=1S/C14H15N3O4/c1-2-7-17(9-13(18)19)14(20)12-8-11(16-21-12)10-5-3-4-6-15-10/h3-6,8H,2,7,9H2,1H3,(H,18,19). The van der Waals surface area contributed by atoms with Crippen molar-refractivity contribution in [1.82, 2.24) is 15.0 Å². The molecule has 0 saturated carbocycles. The van der Waals surface area contributed by atoms with Gasteiger partial charge >= 0.3 is 5.97 Å². The van der Waals surface area contributed by atoms with E-state index in [9.17, 15) is 9.59 Å². The Morgan fingerprint density at radius 3 is 2.76 bits per heavy atom. The minimum atomic E-state index is -1.07. The molecule has 1 N–H and O–H groups in total. The zero-order valence-electron chi connectivity index (χ0n) is 11.5. The molecule has 0 unspecified atom stereocenters. The topological polar surface area (TPSA) is 96.5 Å². The summed E-state index contributed by atoms with van der Waals surface area (Å²) in [5, 5.41) is 12.6. The summed E-state index contributed by atoms with van der Waals surface area (Å²) < 4.78 is 5.02. The molecule has 0 saturated heterocycles. The fourth-order valence-electron chi connectivity index (χ4n) is 1.85. The fraction of sp³-hybridized carbons (Fsp3) is 0.286. The zero-order valence-corrected chi connectivity index (χ0v) is 11.5. The van der Waals surface area contributed by atoms with Crippen LogP contribution in [0.2, 0.25) is 0 Å². The Morgan fingerprint density at radius 2 is 2.14 bits per heavy atom. The average molecular weight is 289 g/mol. The third-order valence-corrected chi connectivity index (χ3v) is 2.76. The highest BCUT2D eigenvalue weighted by Gasteiger charge is 2.22. The molecule has 7 heteroatoms. The smallest absolute Gasteiger partial charge is 0.323 e. The molecule has 0 fully saturated rings. The molecule has 2 heterocycles. The summed E-state index contributed by atoms with van der Waals surface area (Å²) in [6, 6.07) is 6.78. The molecule has 1 amide bonds. The summed E-state index contributed by atoms with van der Waals surface area (Å²) >= 11 is 0.